The van der Waals surface area contributed by atoms with Gasteiger partial charge in [0.2, 0.25) is 0 Å². The monoisotopic (exact) mass is 233 g/mol. The Morgan fingerprint density at radius 1 is 0.833 bits per heavy atom. The first-order valence-corrected chi connectivity index (χ1v) is 5.92. The van der Waals surface area contributed by atoms with Crippen molar-refractivity contribution < 1.29 is 4.42 Å². The minimum atomic E-state index is 0.828. The zero-order valence-electron chi connectivity index (χ0n) is 9.68. The lowest BCUT2D eigenvalue weighted by Gasteiger charge is -2.00. The molecule has 0 atom stereocenters. The molecule has 0 amide bonds. The van der Waals surface area contributed by atoms with Crippen molar-refractivity contribution in [3.8, 4) is 0 Å². The highest BCUT2D eigenvalue weighted by atomic mass is 16.3. The molecule has 18 heavy (non-hydrogen) atoms. The highest BCUT2D eigenvalue weighted by Gasteiger charge is 2.09. The molecule has 0 bridgehead atoms. The molecule has 0 aliphatic carbocycles. The van der Waals surface area contributed by atoms with Crippen LogP contribution in [0, 0.1) is 0 Å². The lowest BCUT2D eigenvalue weighted by atomic mass is 10.1. The Labute approximate surface area is 104 Å². The Kier molecular flexibility index (Phi) is 1.73. The van der Waals surface area contributed by atoms with Crippen LogP contribution in [0.4, 0.5) is 5.69 Å². The molecule has 4 rings (SSSR count). The van der Waals surface area contributed by atoms with Crippen LogP contribution in [0.3, 0.4) is 0 Å². The maximum Gasteiger partial charge on any atom is 0.134 e. The fraction of sp³-hybridized carbons (Fsp3) is 0. The maximum atomic E-state index is 6.09. The smallest absolute Gasteiger partial charge is 0.134 e. The van der Waals surface area contributed by atoms with E-state index in [0.717, 1.165) is 22.0 Å². The molecule has 2 nitrogen and oxygen atoms in total. The zero-order chi connectivity index (χ0) is 12.1. The Morgan fingerprint density at radius 3 is 2.72 bits per heavy atom. The molecule has 2 N–H and O–H groups in total. The highest BCUT2D eigenvalue weighted by molar-refractivity contribution is 6.23. The fourth-order valence-corrected chi connectivity index (χ4v) is 2.69. The first-order valence-electron chi connectivity index (χ1n) is 5.92. The zero-order valence-corrected chi connectivity index (χ0v) is 9.68. The third-order valence-electron chi connectivity index (χ3n) is 3.48. The maximum absolute atomic E-state index is 6.09. The van der Waals surface area contributed by atoms with Crippen molar-refractivity contribution in [1.29, 1.82) is 0 Å². The van der Waals surface area contributed by atoms with Crippen molar-refractivity contribution in [1.82, 2.24) is 0 Å². The van der Waals surface area contributed by atoms with E-state index in [-0.39, 0.29) is 0 Å². The number of anilines is 1. The SMILES string of the molecule is Nc1cccc2cc3c4cccoc4ccc3c12. The summed E-state index contributed by atoms with van der Waals surface area (Å²) in [4.78, 5) is 0. The molecule has 0 saturated heterocycles. The number of benzene rings is 2. The van der Waals surface area contributed by atoms with Crippen molar-refractivity contribution in [2.24, 2.45) is 0 Å². The van der Waals surface area contributed by atoms with Crippen molar-refractivity contribution in [3.63, 3.8) is 0 Å². The van der Waals surface area contributed by atoms with Gasteiger partial charge >= 0.3 is 0 Å². The number of hydrogen-bond acceptors (Lipinski definition) is 2. The summed E-state index contributed by atoms with van der Waals surface area (Å²) in [5.74, 6) is 0. The van der Waals surface area contributed by atoms with E-state index < -0.39 is 0 Å². The third kappa shape index (κ3) is 1.12. The molecule has 0 spiro atoms. The topological polar surface area (TPSA) is 39.2 Å². The van der Waals surface area contributed by atoms with Gasteiger partial charge in [0.15, 0.2) is 0 Å². The first-order chi connectivity index (χ1) is 8.84. The molecule has 0 aliphatic heterocycles. The molecule has 0 saturated carbocycles. The molecule has 1 heterocycles. The van der Waals surface area contributed by atoms with Gasteiger partial charge in [-0.1, -0.05) is 12.1 Å². The van der Waals surface area contributed by atoms with Crippen molar-refractivity contribution in [2.75, 3.05) is 5.73 Å². The average molecular weight is 233 g/mol. The molecule has 3 aromatic carbocycles. The molecule has 0 unspecified atom stereocenters. The van der Waals surface area contributed by atoms with Crippen LogP contribution in [0.2, 0.25) is 0 Å². The number of hydrogen-bond donors (Lipinski definition) is 1. The van der Waals surface area contributed by atoms with Crippen LogP contribution in [0.25, 0.3) is 32.5 Å². The standard InChI is InChI=1S/C16H11NO/c17-14-5-1-3-10-9-13-11-4-2-8-18-15(11)7-6-12(13)16(10)14/h1-9H,17H2. The molecule has 0 fully saturated rings. The van der Waals surface area contributed by atoms with E-state index in [9.17, 15) is 0 Å². The predicted octanol–water partition coefficient (Wildman–Crippen LogP) is 4.32. The van der Waals surface area contributed by atoms with Crippen LogP contribution in [-0.4, -0.2) is 0 Å². The molecule has 2 heteroatoms. The van der Waals surface area contributed by atoms with Gasteiger partial charge in [0, 0.05) is 16.5 Å². The van der Waals surface area contributed by atoms with E-state index in [1.165, 1.54) is 16.2 Å². The number of nitrogens with two attached hydrogens (primary N) is 1. The highest BCUT2D eigenvalue weighted by Crippen LogP contribution is 2.36. The van der Waals surface area contributed by atoms with Crippen LogP contribution in [0.15, 0.2) is 59.2 Å². The summed E-state index contributed by atoms with van der Waals surface area (Å²) < 4.78 is 5.51. The van der Waals surface area contributed by atoms with Gasteiger partial charge in [0.1, 0.15) is 5.58 Å². The minimum Gasteiger partial charge on any atom is -0.464 e. The largest absolute Gasteiger partial charge is 0.464 e. The number of fused-ring (bicyclic) bond motifs is 5. The number of rotatable bonds is 0. The van der Waals surface area contributed by atoms with Gasteiger partial charge in [0.05, 0.1) is 6.26 Å². The van der Waals surface area contributed by atoms with E-state index in [1.807, 2.05) is 24.3 Å². The first kappa shape index (κ1) is 9.54. The summed E-state index contributed by atoms with van der Waals surface area (Å²) in [6.07, 6.45) is 1.70. The predicted molar refractivity (Wildman–Crippen MR) is 75.6 cm³/mol. The Balaban J connectivity index is 2.34. The second kappa shape index (κ2) is 3.26. The van der Waals surface area contributed by atoms with Crippen LogP contribution in [0.5, 0.6) is 0 Å². The van der Waals surface area contributed by atoms with Gasteiger partial charge in [0.25, 0.3) is 0 Å². The van der Waals surface area contributed by atoms with Crippen molar-refractivity contribution in [2.45, 2.75) is 0 Å². The third-order valence-corrected chi connectivity index (χ3v) is 3.48. The normalized spacial score (nSPS) is 11.6. The molecule has 0 aliphatic rings. The molecule has 86 valence electrons. The Bertz CT molecular complexity index is 889. The van der Waals surface area contributed by atoms with Gasteiger partial charge in [-0.25, -0.2) is 0 Å². The second-order valence-corrected chi connectivity index (χ2v) is 4.51. The van der Waals surface area contributed by atoms with Crippen LogP contribution in [0.1, 0.15) is 0 Å². The second-order valence-electron chi connectivity index (χ2n) is 4.51. The summed E-state index contributed by atoms with van der Waals surface area (Å²) >= 11 is 0. The summed E-state index contributed by atoms with van der Waals surface area (Å²) in [5.41, 5.74) is 7.82. The molecular formula is C16H11NO. The van der Waals surface area contributed by atoms with Gasteiger partial charge in [-0.3, -0.25) is 0 Å². The molecule has 0 radical (unpaired) electrons. The van der Waals surface area contributed by atoms with Crippen molar-refractivity contribution in [3.05, 3.63) is 54.8 Å². The summed E-state index contributed by atoms with van der Waals surface area (Å²) in [5, 5.41) is 5.84. The summed E-state index contributed by atoms with van der Waals surface area (Å²) in [6.45, 7) is 0. The van der Waals surface area contributed by atoms with E-state index in [2.05, 4.69) is 24.3 Å². The molecular weight excluding hydrogens is 222 g/mol. The summed E-state index contributed by atoms with van der Waals surface area (Å²) in [7, 11) is 0. The van der Waals surface area contributed by atoms with Crippen molar-refractivity contribution >= 4 is 38.2 Å². The Hall–Kier alpha value is -2.48. The van der Waals surface area contributed by atoms with Crippen LogP contribution in [-0.2, 0) is 0 Å². The average Bonchev–Trinajstić information content (AvgIpc) is 2.79. The quantitative estimate of drug-likeness (QED) is 0.459. The van der Waals surface area contributed by atoms with E-state index in [4.69, 9.17) is 10.2 Å². The van der Waals surface area contributed by atoms with Gasteiger partial charge < -0.3 is 10.2 Å². The lowest BCUT2D eigenvalue weighted by Crippen LogP contribution is -1.83. The number of nitrogen functional groups attached to an aromatic ring is 1. The Morgan fingerprint density at radius 2 is 1.78 bits per heavy atom. The molecule has 4 aromatic rings. The van der Waals surface area contributed by atoms with E-state index in [0.29, 0.717) is 0 Å². The van der Waals surface area contributed by atoms with Gasteiger partial charge in [-0.2, -0.15) is 0 Å². The fourth-order valence-electron chi connectivity index (χ4n) is 2.69. The van der Waals surface area contributed by atoms with Gasteiger partial charge in [-0.15, -0.1) is 0 Å². The van der Waals surface area contributed by atoms with Gasteiger partial charge in [-0.05, 0) is 52.6 Å². The van der Waals surface area contributed by atoms with E-state index in [1.54, 1.807) is 6.26 Å². The van der Waals surface area contributed by atoms with E-state index >= 15 is 0 Å². The lowest BCUT2D eigenvalue weighted by molar-refractivity contribution is 0.604. The van der Waals surface area contributed by atoms with Crippen LogP contribution >= 0.6 is 0 Å². The molecule has 1 aromatic heterocycles. The minimum absolute atomic E-state index is 0.828. The van der Waals surface area contributed by atoms with Crippen LogP contribution < -0.4 is 5.73 Å². The summed E-state index contributed by atoms with van der Waals surface area (Å²) in [6, 6.07) is 16.3.